The van der Waals surface area contributed by atoms with Crippen LogP contribution in [0.4, 0.5) is 5.82 Å². The summed E-state index contributed by atoms with van der Waals surface area (Å²) in [6, 6.07) is 9.55. The maximum absolute atomic E-state index is 12.2. The zero-order valence-corrected chi connectivity index (χ0v) is 14.0. The van der Waals surface area contributed by atoms with Crippen LogP contribution >= 0.6 is 22.9 Å². The van der Waals surface area contributed by atoms with Crippen molar-refractivity contribution in [1.29, 1.82) is 0 Å². The number of hydrogen-bond acceptors (Lipinski definition) is 3. The average molecular weight is 344 g/mol. The molecule has 1 amide bonds. The SMILES string of the molecule is Cc1nn(-c2cccc(Cl)c2)c2c1C(c1ccsc1)CC(=O)N2. The fraction of sp³-hybridized carbons (Fsp3) is 0.176. The molecule has 4 nitrogen and oxygen atoms in total. The minimum Gasteiger partial charge on any atom is -0.310 e. The Hall–Kier alpha value is -2.11. The molecule has 0 saturated heterocycles. The Bertz CT molecular complexity index is 885. The molecular weight excluding hydrogens is 330 g/mol. The Balaban J connectivity index is 1.90. The molecular formula is C17H14ClN3OS. The van der Waals surface area contributed by atoms with Gasteiger partial charge in [-0.05, 0) is 47.5 Å². The van der Waals surface area contributed by atoms with Crippen LogP contribution in [0.2, 0.25) is 5.02 Å². The first-order valence-corrected chi connectivity index (χ1v) is 8.63. The summed E-state index contributed by atoms with van der Waals surface area (Å²) in [5, 5.41) is 12.4. The first-order chi connectivity index (χ1) is 11.1. The van der Waals surface area contributed by atoms with E-state index in [1.807, 2.05) is 36.6 Å². The van der Waals surface area contributed by atoms with E-state index in [-0.39, 0.29) is 11.8 Å². The smallest absolute Gasteiger partial charge is 0.226 e. The van der Waals surface area contributed by atoms with Crippen LogP contribution in [0, 0.1) is 6.92 Å². The van der Waals surface area contributed by atoms with Gasteiger partial charge < -0.3 is 5.32 Å². The van der Waals surface area contributed by atoms with E-state index in [2.05, 4.69) is 21.9 Å². The number of fused-ring (bicyclic) bond motifs is 1. The minimum absolute atomic E-state index is 0.0110. The average Bonchev–Trinajstić information content (AvgIpc) is 3.15. The van der Waals surface area contributed by atoms with Crippen molar-refractivity contribution in [2.75, 3.05) is 5.32 Å². The standard InChI is InChI=1S/C17H14ClN3OS/c1-10-16-14(11-5-6-23-9-11)8-15(22)19-17(16)21(20-10)13-4-2-3-12(18)7-13/h2-7,9,14H,8H2,1H3,(H,19,22). The summed E-state index contributed by atoms with van der Waals surface area (Å²) in [6.07, 6.45) is 0.450. The molecule has 1 unspecified atom stereocenters. The zero-order valence-electron chi connectivity index (χ0n) is 12.4. The van der Waals surface area contributed by atoms with Gasteiger partial charge in [-0.15, -0.1) is 0 Å². The number of halogens is 1. The number of nitrogens with one attached hydrogen (secondary N) is 1. The Labute approximate surface area is 142 Å². The number of carbonyl (C=O) groups is 1. The number of aromatic nitrogens is 2. The Morgan fingerprint density at radius 2 is 2.26 bits per heavy atom. The van der Waals surface area contributed by atoms with Gasteiger partial charge in [-0.25, -0.2) is 4.68 Å². The van der Waals surface area contributed by atoms with Crippen molar-refractivity contribution in [1.82, 2.24) is 9.78 Å². The Kier molecular flexibility index (Phi) is 3.47. The number of thiophene rings is 1. The highest BCUT2D eigenvalue weighted by Gasteiger charge is 2.32. The topological polar surface area (TPSA) is 46.9 Å². The molecule has 1 atom stereocenters. The molecule has 1 aliphatic heterocycles. The molecule has 6 heteroatoms. The van der Waals surface area contributed by atoms with Gasteiger partial charge in [0.25, 0.3) is 0 Å². The minimum atomic E-state index is 0.0110. The predicted octanol–water partition coefficient (Wildman–Crippen LogP) is 4.37. The molecule has 1 aromatic carbocycles. The molecule has 0 aliphatic carbocycles. The van der Waals surface area contributed by atoms with Crippen LogP contribution in [0.15, 0.2) is 41.1 Å². The molecule has 1 aliphatic rings. The number of hydrogen-bond donors (Lipinski definition) is 1. The predicted molar refractivity (Wildman–Crippen MR) is 92.7 cm³/mol. The molecule has 0 bridgehead atoms. The number of amides is 1. The third-order valence-corrected chi connectivity index (χ3v) is 5.04. The highest BCUT2D eigenvalue weighted by atomic mass is 35.5. The van der Waals surface area contributed by atoms with E-state index >= 15 is 0 Å². The second-order valence-electron chi connectivity index (χ2n) is 5.60. The third-order valence-electron chi connectivity index (χ3n) is 4.10. The van der Waals surface area contributed by atoms with E-state index in [4.69, 9.17) is 11.6 Å². The van der Waals surface area contributed by atoms with E-state index in [9.17, 15) is 4.79 Å². The largest absolute Gasteiger partial charge is 0.310 e. The lowest BCUT2D eigenvalue weighted by molar-refractivity contribution is -0.116. The van der Waals surface area contributed by atoms with E-state index in [1.54, 1.807) is 16.0 Å². The highest BCUT2D eigenvalue weighted by molar-refractivity contribution is 7.08. The van der Waals surface area contributed by atoms with Crippen LogP contribution < -0.4 is 5.32 Å². The van der Waals surface area contributed by atoms with Crippen molar-refractivity contribution in [2.45, 2.75) is 19.3 Å². The molecule has 1 N–H and O–H groups in total. The van der Waals surface area contributed by atoms with Crippen molar-refractivity contribution in [3.8, 4) is 5.69 Å². The van der Waals surface area contributed by atoms with Crippen molar-refractivity contribution in [2.24, 2.45) is 0 Å². The molecule has 116 valence electrons. The molecule has 3 aromatic rings. The molecule has 0 spiro atoms. The molecule has 0 radical (unpaired) electrons. The van der Waals surface area contributed by atoms with Gasteiger partial charge in [-0.3, -0.25) is 4.79 Å². The van der Waals surface area contributed by atoms with Crippen LogP contribution in [0.5, 0.6) is 0 Å². The summed E-state index contributed by atoms with van der Waals surface area (Å²) in [5.74, 6) is 0.812. The molecule has 0 saturated carbocycles. The van der Waals surface area contributed by atoms with Gasteiger partial charge in [0.05, 0.1) is 11.4 Å². The lowest BCUT2D eigenvalue weighted by Crippen LogP contribution is -2.24. The fourth-order valence-electron chi connectivity index (χ4n) is 3.10. The van der Waals surface area contributed by atoms with Crippen molar-refractivity contribution in [3.05, 3.63) is 62.9 Å². The number of anilines is 1. The summed E-state index contributed by atoms with van der Waals surface area (Å²) in [6.45, 7) is 1.98. The number of benzene rings is 1. The highest BCUT2D eigenvalue weighted by Crippen LogP contribution is 2.40. The second-order valence-corrected chi connectivity index (χ2v) is 6.82. The second kappa shape index (κ2) is 5.51. The van der Waals surface area contributed by atoms with Crippen LogP contribution in [-0.2, 0) is 4.79 Å². The Morgan fingerprint density at radius 3 is 3.00 bits per heavy atom. The van der Waals surface area contributed by atoms with Crippen molar-refractivity contribution >= 4 is 34.7 Å². The maximum Gasteiger partial charge on any atom is 0.226 e. The first kappa shape index (κ1) is 14.5. The van der Waals surface area contributed by atoms with Crippen molar-refractivity contribution < 1.29 is 4.79 Å². The van der Waals surface area contributed by atoms with Gasteiger partial charge in [0.1, 0.15) is 5.82 Å². The lowest BCUT2D eigenvalue weighted by Gasteiger charge is -2.23. The van der Waals surface area contributed by atoms with Gasteiger partial charge in [0.15, 0.2) is 0 Å². The molecule has 0 fully saturated rings. The maximum atomic E-state index is 12.2. The van der Waals surface area contributed by atoms with Crippen LogP contribution in [0.1, 0.15) is 29.2 Å². The first-order valence-electron chi connectivity index (χ1n) is 7.31. The van der Waals surface area contributed by atoms with E-state index in [0.717, 1.165) is 22.8 Å². The number of nitrogens with zero attached hydrogens (tertiary/aromatic N) is 2. The van der Waals surface area contributed by atoms with Crippen molar-refractivity contribution in [3.63, 3.8) is 0 Å². The third kappa shape index (κ3) is 2.46. The summed E-state index contributed by atoms with van der Waals surface area (Å²) in [7, 11) is 0. The van der Waals surface area contributed by atoms with Crippen LogP contribution in [0.3, 0.4) is 0 Å². The number of aryl methyl sites for hydroxylation is 1. The number of rotatable bonds is 2. The van der Waals surface area contributed by atoms with Gasteiger partial charge in [0, 0.05) is 22.9 Å². The van der Waals surface area contributed by atoms with Gasteiger partial charge in [-0.2, -0.15) is 16.4 Å². The lowest BCUT2D eigenvalue weighted by atomic mass is 9.87. The van der Waals surface area contributed by atoms with E-state index in [1.165, 1.54) is 5.56 Å². The van der Waals surface area contributed by atoms with Crippen LogP contribution in [0.25, 0.3) is 5.69 Å². The van der Waals surface area contributed by atoms with Gasteiger partial charge in [-0.1, -0.05) is 17.7 Å². The summed E-state index contributed by atoms with van der Waals surface area (Å²) in [4.78, 5) is 12.2. The quantitative estimate of drug-likeness (QED) is 0.751. The van der Waals surface area contributed by atoms with E-state index < -0.39 is 0 Å². The summed E-state index contributed by atoms with van der Waals surface area (Å²) >= 11 is 7.74. The van der Waals surface area contributed by atoms with Gasteiger partial charge >= 0.3 is 0 Å². The van der Waals surface area contributed by atoms with Gasteiger partial charge in [0.2, 0.25) is 5.91 Å². The molecule has 4 rings (SSSR count). The van der Waals surface area contributed by atoms with Crippen LogP contribution in [-0.4, -0.2) is 15.7 Å². The molecule has 2 aromatic heterocycles. The Morgan fingerprint density at radius 1 is 1.39 bits per heavy atom. The normalized spacial score (nSPS) is 17.0. The zero-order chi connectivity index (χ0) is 16.0. The summed E-state index contributed by atoms with van der Waals surface area (Å²) < 4.78 is 1.77. The monoisotopic (exact) mass is 343 g/mol. The number of carbonyl (C=O) groups excluding carboxylic acids is 1. The van der Waals surface area contributed by atoms with E-state index in [0.29, 0.717) is 11.4 Å². The summed E-state index contributed by atoms with van der Waals surface area (Å²) in [5.41, 5.74) is 4.02. The molecule has 3 heterocycles. The fourth-order valence-corrected chi connectivity index (χ4v) is 4.00. The molecule has 23 heavy (non-hydrogen) atoms.